The lowest BCUT2D eigenvalue weighted by molar-refractivity contribution is -0.160. The van der Waals surface area contributed by atoms with E-state index in [1.54, 1.807) is 12.2 Å². The maximum atomic E-state index is 12.9. The van der Waals surface area contributed by atoms with Crippen molar-refractivity contribution in [2.24, 2.45) is 5.92 Å². The molecule has 1 N–H and O–H groups in total. The summed E-state index contributed by atoms with van der Waals surface area (Å²) in [5.74, 6) is -0.665. The van der Waals surface area contributed by atoms with Crippen LogP contribution in [0.5, 0.6) is 0 Å². The van der Waals surface area contributed by atoms with Crippen molar-refractivity contribution in [2.75, 3.05) is 6.61 Å². The summed E-state index contributed by atoms with van der Waals surface area (Å²) in [7, 11) is 0. The van der Waals surface area contributed by atoms with Crippen LogP contribution in [-0.4, -0.2) is 72.5 Å². The second kappa shape index (κ2) is 14.4. The summed E-state index contributed by atoms with van der Waals surface area (Å²) in [5, 5.41) is 10.9. The maximum absolute atomic E-state index is 12.9. The number of aliphatic hydroxyl groups excluding tert-OH is 1. The van der Waals surface area contributed by atoms with Gasteiger partial charge in [0.05, 0.1) is 37.1 Å². The normalized spacial score (nSPS) is 37.4. The van der Waals surface area contributed by atoms with Gasteiger partial charge in [0.1, 0.15) is 12.2 Å². The van der Waals surface area contributed by atoms with Crippen molar-refractivity contribution < 1.29 is 38.4 Å². The van der Waals surface area contributed by atoms with Crippen LogP contribution in [0.25, 0.3) is 0 Å². The van der Waals surface area contributed by atoms with E-state index in [2.05, 4.69) is 19.6 Å². The van der Waals surface area contributed by atoms with Crippen molar-refractivity contribution in [3.63, 3.8) is 0 Å². The Morgan fingerprint density at radius 2 is 2.00 bits per heavy atom. The standard InChI is InChI=1S/C32H44O8/c1-20-13-14-36-25(16-20)11-12-28(37-23(4)33)29-19-30-32(40-30)27(34)18-22(3)15-21(2)17-26-9-5-7-24(38-26)8-6-10-31(35)39-29/h5-7,10-13,21,24-30,32,34H,3,8-9,14-19H2,1-2,4H3/b10-6-,12-11+/t21?,24-,25?,26?,27?,28?,29?,30-,32-/m0/s1. The number of carbonyl (C=O) groups excluding carboxylic acids is 2. The molecule has 0 aromatic heterocycles. The fourth-order valence-electron chi connectivity index (χ4n) is 5.75. The molecule has 0 amide bonds. The smallest absolute Gasteiger partial charge is 0.330 e. The highest BCUT2D eigenvalue weighted by atomic mass is 16.6. The largest absolute Gasteiger partial charge is 0.455 e. The minimum absolute atomic E-state index is 0.103. The molecule has 4 heterocycles. The molecule has 4 rings (SSSR count). The predicted molar refractivity (Wildman–Crippen MR) is 150 cm³/mol. The molecule has 2 bridgehead atoms. The van der Waals surface area contributed by atoms with Crippen LogP contribution in [0.1, 0.15) is 65.7 Å². The van der Waals surface area contributed by atoms with Gasteiger partial charge in [-0.05, 0) is 57.4 Å². The number of epoxide rings is 1. The van der Waals surface area contributed by atoms with Crippen LogP contribution < -0.4 is 0 Å². The third kappa shape index (κ3) is 9.54. The van der Waals surface area contributed by atoms with Crippen LogP contribution in [0.2, 0.25) is 0 Å². The molecule has 0 radical (unpaired) electrons. The Bertz CT molecular complexity index is 1030. The number of fused-ring (bicyclic) bond motifs is 3. The van der Waals surface area contributed by atoms with Gasteiger partial charge in [-0.25, -0.2) is 4.79 Å². The molecule has 0 aromatic carbocycles. The molecule has 0 aromatic rings. The minimum Gasteiger partial charge on any atom is -0.455 e. The summed E-state index contributed by atoms with van der Waals surface area (Å²) in [6, 6.07) is 0. The van der Waals surface area contributed by atoms with E-state index in [4.69, 9.17) is 23.7 Å². The number of ether oxygens (including phenoxy) is 5. The fraction of sp³-hybridized carbons (Fsp3) is 0.625. The molecule has 4 aliphatic heterocycles. The third-order valence-electron chi connectivity index (χ3n) is 7.72. The molecule has 6 unspecified atom stereocenters. The van der Waals surface area contributed by atoms with E-state index in [1.807, 2.05) is 25.2 Å². The molecule has 8 heteroatoms. The topological polar surface area (TPSA) is 104 Å². The summed E-state index contributed by atoms with van der Waals surface area (Å²) in [6.07, 6.45) is 14.2. The van der Waals surface area contributed by atoms with Gasteiger partial charge in [0, 0.05) is 19.4 Å². The Morgan fingerprint density at radius 3 is 2.77 bits per heavy atom. The molecule has 4 aliphatic rings. The first kappa shape index (κ1) is 30.4. The average molecular weight is 557 g/mol. The van der Waals surface area contributed by atoms with Gasteiger partial charge in [0.2, 0.25) is 0 Å². The maximum Gasteiger partial charge on any atom is 0.330 e. The number of carbonyl (C=O) groups is 2. The molecule has 220 valence electrons. The van der Waals surface area contributed by atoms with E-state index in [9.17, 15) is 14.7 Å². The Balaban J connectivity index is 1.52. The average Bonchev–Trinajstić information content (AvgIpc) is 3.65. The number of hydrogen-bond donors (Lipinski definition) is 1. The van der Waals surface area contributed by atoms with E-state index in [0.717, 1.165) is 31.3 Å². The second-order valence-corrected chi connectivity index (χ2v) is 11.6. The van der Waals surface area contributed by atoms with Crippen molar-refractivity contribution in [1.82, 2.24) is 0 Å². The Kier molecular flexibility index (Phi) is 11.0. The minimum atomic E-state index is -0.835. The first-order valence-electron chi connectivity index (χ1n) is 14.5. The van der Waals surface area contributed by atoms with Gasteiger partial charge in [-0.15, -0.1) is 0 Å². The molecular weight excluding hydrogens is 512 g/mol. The van der Waals surface area contributed by atoms with Gasteiger partial charge in [0.15, 0.2) is 6.10 Å². The fourth-order valence-corrected chi connectivity index (χ4v) is 5.75. The van der Waals surface area contributed by atoms with Crippen LogP contribution in [0, 0.1) is 5.92 Å². The van der Waals surface area contributed by atoms with Crippen LogP contribution in [0.4, 0.5) is 0 Å². The Labute approximate surface area is 237 Å². The highest BCUT2D eigenvalue weighted by molar-refractivity contribution is 5.82. The van der Waals surface area contributed by atoms with Crippen LogP contribution in [0.3, 0.4) is 0 Å². The summed E-state index contributed by atoms with van der Waals surface area (Å²) in [5.41, 5.74) is 2.20. The van der Waals surface area contributed by atoms with Crippen molar-refractivity contribution in [1.29, 1.82) is 0 Å². The van der Waals surface area contributed by atoms with E-state index in [0.29, 0.717) is 25.4 Å². The summed E-state index contributed by atoms with van der Waals surface area (Å²) in [6.45, 7) is 10.3. The molecule has 40 heavy (non-hydrogen) atoms. The van der Waals surface area contributed by atoms with E-state index in [1.165, 1.54) is 18.6 Å². The summed E-state index contributed by atoms with van der Waals surface area (Å²) < 4.78 is 29.3. The molecule has 1 saturated heterocycles. The molecule has 0 aliphatic carbocycles. The zero-order valence-corrected chi connectivity index (χ0v) is 23.9. The van der Waals surface area contributed by atoms with Gasteiger partial charge in [0.25, 0.3) is 0 Å². The lowest BCUT2D eigenvalue weighted by atomic mass is 9.91. The zero-order valence-electron chi connectivity index (χ0n) is 23.9. The van der Waals surface area contributed by atoms with Gasteiger partial charge in [-0.3, -0.25) is 4.79 Å². The van der Waals surface area contributed by atoms with Crippen molar-refractivity contribution >= 4 is 11.9 Å². The van der Waals surface area contributed by atoms with Gasteiger partial charge in [-0.1, -0.05) is 55.0 Å². The van der Waals surface area contributed by atoms with Gasteiger partial charge in [-0.2, -0.15) is 0 Å². The quantitative estimate of drug-likeness (QED) is 0.303. The summed E-state index contributed by atoms with van der Waals surface area (Å²) in [4.78, 5) is 24.9. The molecule has 9 atom stereocenters. The lowest BCUT2D eigenvalue weighted by Crippen LogP contribution is -2.35. The highest BCUT2D eigenvalue weighted by Crippen LogP contribution is 2.35. The number of aliphatic hydroxyl groups is 1. The molecular formula is C32H44O8. The molecule has 0 spiro atoms. The Morgan fingerprint density at radius 1 is 1.18 bits per heavy atom. The summed E-state index contributed by atoms with van der Waals surface area (Å²) >= 11 is 0. The van der Waals surface area contributed by atoms with Crippen LogP contribution in [-0.2, 0) is 33.3 Å². The molecule has 8 nitrogen and oxygen atoms in total. The van der Waals surface area contributed by atoms with E-state index in [-0.39, 0.29) is 30.8 Å². The Hall–Kier alpha value is -2.52. The van der Waals surface area contributed by atoms with Gasteiger partial charge < -0.3 is 28.8 Å². The van der Waals surface area contributed by atoms with E-state index < -0.39 is 36.4 Å². The highest BCUT2D eigenvalue weighted by Gasteiger charge is 2.47. The third-order valence-corrected chi connectivity index (χ3v) is 7.72. The first-order chi connectivity index (χ1) is 19.2. The number of esters is 2. The number of rotatable bonds is 4. The van der Waals surface area contributed by atoms with Crippen LogP contribution in [0.15, 0.2) is 60.3 Å². The number of hydrogen-bond acceptors (Lipinski definition) is 8. The van der Waals surface area contributed by atoms with Crippen molar-refractivity contribution in [2.45, 2.75) is 115 Å². The predicted octanol–water partition coefficient (Wildman–Crippen LogP) is 4.68. The monoisotopic (exact) mass is 556 g/mol. The SMILES string of the molecule is C=C1CC(C)CC2CC=C[C@@H](C/C=C\C(=O)OC(C(/C=C/C3CC(C)=CCO3)OC(C)=O)C[C@@H]3O[C@H]3C(O)C1)O2. The van der Waals surface area contributed by atoms with E-state index >= 15 is 0 Å². The van der Waals surface area contributed by atoms with Crippen molar-refractivity contribution in [3.8, 4) is 0 Å². The van der Waals surface area contributed by atoms with Gasteiger partial charge >= 0.3 is 11.9 Å². The zero-order chi connectivity index (χ0) is 28.6. The molecule has 0 saturated carbocycles. The lowest BCUT2D eigenvalue weighted by Gasteiger charge is -2.28. The first-order valence-corrected chi connectivity index (χ1v) is 14.5. The van der Waals surface area contributed by atoms with Crippen molar-refractivity contribution in [3.05, 3.63) is 60.3 Å². The second-order valence-electron chi connectivity index (χ2n) is 11.6. The van der Waals surface area contributed by atoms with Crippen LogP contribution >= 0.6 is 0 Å². The molecule has 1 fully saturated rings. The number of cyclic esters (lactones) is 1.